The van der Waals surface area contributed by atoms with Crippen LogP contribution in [0, 0.1) is 11.8 Å². The molecule has 0 heterocycles. The fourth-order valence-corrected chi connectivity index (χ4v) is 4.40. The van der Waals surface area contributed by atoms with E-state index in [1.54, 1.807) is 0 Å². The number of thioether (sulfide) groups is 1. The van der Waals surface area contributed by atoms with Crippen LogP contribution >= 0.6 is 11.8 Å². The second-order valence-corrected chi connectivity index (χ2v) is 7.49. The minimum Gasteiger partial charge on any atom is -0.481 e. The Morgan fingerprint density at radius 1 is 1.20 bits per heavy atom. The van der Waals surface area contributed by atoms with E-state index in [2.05, 4.69) is 11.6 Å². The highest BCUT2D eigenvalue weighted by atomic mass is 32.2. The van der Waals surface area contributed by atoms with Crippen molar-refractivity contribution in [3.05, 3.63) is 0 Å². The first kappa shape index (κ1) is 15.7. The molecular weight excluding hydrogens is 274 g/mol. The maximum atomic E-state index is 12.2. The molecule has 2 fully saturated rings. The number of nitrogens with one attached hydrogen (secondary N) is 1. The number of aliphatic carboxylic acids is 1. The topological polar surface area (TPSA) is 66.4 Å². The van der Waals surface area contributed by atoms with E-state index in [4.69, 9.17) is 5.11 Å². The molecule has 5 heteroatoms. The van der Waals surface area contributed by atoms with E-state index in [9.17, 15) is 9.59 Å². The van der Waals surface area contributed by atoms with Crippen LogP contribution in [-0.2, 0) is 9.59 Å². The second-order valence-electron chi connectivity index (χ2n) is 6.21. The molecule has 2 N–H and O–H groups in total. The molecule has 0 saturated heterocycles. The Hall–Kier alpha value is -0.710. The van der Waals surface area contributed by atoms with E-state index in [0.717, 1.165) is 13.0 Å². The number of carboxylic acids is 1. The predicted octanol–water partition coefficient (Wildman–Crippen LogP) is 2.67. The second kappa shape index (κ2) is 6.83. The molecular formula is C15H25NO3S. The van der Waals surface area contributed by atoms with Gasteiger partial charge in [0, 0.05) is 17.2 Å². The SMILES string of the molecule is CSC1(CNC(=O)C2CCC(C(=O)O)C2)CCCCC1. The summed E-state index contributed by atoms with van der Waals surface area (Å²) < 4.78 is 0.207. The first-order chi connectivity index (χ1) is 9.56. The zero-order chi connectivity index (χ0) is 14.6. The first-order valence-corrected chi connectivity index (χ1v) is 8.84. The number of carbonyl (C=O) groups excluding carboxylic acids is 1. The summed E-state index contributed by atoms with van der Waals surface area (Å²) in [6.07, 6.45) is 10.2. The van der Waals surface area contributed by atoms with Crippen molar-refractivity contribution in [2.45, 2.75) is 56.1 Å². The summed E-state index contributed by atoms with van der Waals surface area (Å²) in [5.74, 6) is -1.12. The summed E-state index contributed by atoms with van der Waals surface area (Å²) in [6, 6.07) is 0. The lowest BCUT2D eigenvalue weighted by Crippen LogP contribution is -2.43. The number of amides is 1. The number of hydrogen-bond acceptors (Lipinski definition) is 3. The normalized spacial score (nSPS) is 29.1. The monoisotopic (exact) mass is 299 g/mol. The molecule has 0 aromatic rings. The molecule has 0 aliphatic heterocycles. The van der Waals surface area contributed by atoms with Crippen molar-refractivity contribution in [2.24, 2.45) is 11.8 Å². The van der Waals surface area contributed by atoms with Crippen molar-refractivity contribution in [1.29, 1.82) is 0 Å². The summed E-state index contributed by atoms with van der Waals surface area (Å²) in [6.45, 7) is 0.737. The fraction of sp³-hybridized carbons (Fsp3) is 0.867. The molecule has 2 rings (SSSR count). The lowest BCUT2D eigenvalue weighted by molar-refractivity contribution is -0.141. The maximum absolute atomic E-state index is 12.2. The minimum absolute atomic E-state index is 0.0627. The molecule has 0 aromatic carbocycles. The Morgan fingerprint density at radius 2 is 1.85 bits per heavy atom. The predicted molar refractivity (Wildman–Crippen MR) is 80.8 cm³/mol. The van der Waals surface area contributed by atoms with Crippen molar-refractivity contribution < 1.29 is 14.7 Å². The highest BCUT2D eigenvalue weighted by molar-refractivity contribution is 8.00. The molecule has 4 nitrogen and oxygen atoms in total. The molecule has 20 heavy (non-hydrogen) atoms. The quantitative estimate of drug-likeness (QED) is 0.819. The van der Waals surface area contributed by atoms with Gasteiger partial charge in [0.15, 0.2) is 0 Å². The van der Waals surface area contributed by atoms with Gasteiger partial charge < -0.3 is 10.4 Å². The van der Waals surface area contributed by atoms with Crippen molar-refractivity contribution in [3.63, 3.8) is 0 Å². The van der Waals surface area contributed by atoms with E-state index in [1.165, 1.54) is 32.1 Å². The molecule has 1 amide bonds. The number of carboxylic acid groups (broad SMARTS) is 1. The lowest BCUT2D eigenvalue weighted by atomic mass is 9.88. The molecule has 0 radical (unpaired) electrons. The molecule has 2 aliphatic rings. The maximum Gasteiger partial charge on any atom is 0.306 e. The zero-order valence-electron chi connectivity index (χ0n) is 12.2. The van der Waals surface area contributed by atoms with Gasteiger partial charge in [0.05, 0.1) is 5.92 Å². The van der Waals surface area contributed by atoms with Crippen molar-refractivity contribution in [1.82, 2.24) is 5.32 Å². The Labute approximate surface area is 125 Å². The van der Waals surface area contributed by atoms with Gasteiger partial charge in [-0.2, -0.15) is 11.8 Å². The summed E-state index contributed by atoms with van der Waals surface area (Å²) in [4.78, 5) is 23.1. The average Bonchev–Trinajstić information content (AvgIpc) is 2.96. The Kier molecular flexibility index (Phi) is 5.35. The highest BCUT2D eigenvalue weighted by Gasteiger charge is 2.36. The Balaban J connectivity index is 1.81. The van der Waals surface area contributed by atoms with Crippen LogP contribution in [0.3, 0.4) is 0 Å². The fourth-order valence-electron chi connectivity index (χ4n) is 3.49. The van der Waals surface area contributed by atoms with Crippen LogP contribution in [0.5, 0.6) is 0 Å². The number of rotatable bonds is 5. The molecule has 0 aromatic heterocycles. The molecule has 0 bridgehead atoms. The van der Waals surface area contributed by atoms with Crippen LogP contribution in [0.2, 0.25) is 0 Å². The molecule has 2 atom stereocenters. The van der Waals surface area contributed by atoms with Crippen LogP contribution in [0.4, 0.5) is 0 Å². The van der Waals surface area contributed by atoms with Gasteiger partial charge in [-0.25, -0.2) is 0 Å². The van der Waals surface area contributed by atoms with E-state index >= 15 is 0 Å². The van der Waals surface area contributed by atoms with Gasteiger partial charge in [-0.1, -0.05) is 19.3 Å². The molecule has 0 spiro atoms. The van der Waals surface area contributed by atoms with Gasteiger partial charge in [-0.3, -0.25) is 9.59 Å². The molecule has 114 valence electrons. The Bertz CT molecular complexity index is 366. The molecule has 2 saturated carbocycles. The van der Waals surface area contributed by atoms with Gasteiger partial charge in [0.25, 0.3) is 0 Å². The van der Waals surface area contributed by atoms with Gasteiger partial charge >= 0.3 is 5.97 Å². The zero-order valence-corrected chi connectivity index (χ0v) is 13.0. The standard InChI is InChI=1S/C15H25NO3S/c1-20-15(7-3-2-4-8-15)10-16-13(17)11-5-6-12(9-11)14(18)19/h11-12H,2-10H2,1H3,(H,16,17)(H,18,19). The van der Waals surface area contributed by atoms with Crippen LogP contribution in [0.25, 0.3) is 0 Å². The van der Waals surface area contributed by atoms with Crippen LogP contribution < -0.4 is 5.32 Å². The van der Waals surface area contributed by atoms with Crippen LogP contribution in [-0.4, -0.2) is 34.5 Å². The Morgan fingerprint density at radius 3 is 2.40 bits per heavy atom. The van der Waals surface area contributed by atoms with E-state index < -0.39 is 5.97 Å². The third-order valence-electron chi connectivity index (χ3n) is 4.94. The van der Waals surface area contributed by atoms with Gasteiger partial charge in [-0.05, 0) is 38.4 Å². The molecule has 2 unspecified atom stereocenters. The summed E-state index contributed by atoms with van der Waals surface area (Å²) in [5, 5.41) is 12.1. The largest absolute Gasteiger partial charge is 0.481 e. The molecule has 2 aliphatic carbocycles. The van der Waals surface area contributed by atoms with Gasteiger partial charge in [0.2, 0.25) is 5.91 Å². The van der Waals surface area contributed by atoms with E-state index in [1.807, 2.05) is 11.8 Å². The summed E-state index contributed by atoms with van der Waals surface area (Å²) >= 11 is 1.87. The van der Waals surface area contributed by atoms with Crippen molar-refractivity contribution in [2.75, 3.05) is 12.8 Å². The number of hydrogen-bond donors (Lipinski definition) is 2. The number of carbonyl (C=O) groups is 2. The lowest BCUT2D eigenvalue weighted by Gasteiger charge is -2.36. The van der Waals surface area contributed by atoms with Crippen molar-refractivity contribution >= 4 is 23.6 Å². The van der Waals surface area contributed by atoms with Gasteiger partial charge in [-0.15, -0.1) is 0 Å². The summed E-state index contributed by atoms with van der Waals surface area (Å²) in [5.41, 5.74) is 0. The third-order valence-corrected chi connectivity index (χ3v) is 6.35. The smallest absolute Gasteiger partial charge is 0.306 e. The first-order valence-electron chi connectivity index (χ1n) is 7.62. The van der Waals surface area contributed by atoms with E-state index in [0.29, 0.717) is 12.8 Å². The van der Waals surface area contributed by atoms with Crippen molar-refractivity contribution in [3.8, 4) is 0 Å². The average molecular weight is 299 g/mol. The van der Waals surface area contributed by atoms with E-state index in [-0.39, 0.29) is 22.5 Å². The van der Waals surface area contributed by atoms with Gasteiger partial charge in [0.1, 0.15) is 0 Å². The third kappa shape index (κ3) is 3.68. The van der Waals surface area contributed by atoms with Crippen LogP contribution in [0.15, 0.2) is 0 Å². The minimum atomic E-state index is -0.756. The highest BCUT2D eigenvalue weighted by Crippen LogP contribution is 2.38. The van der Waals surface area contributed by atoms with Crippen LogP contribution in [0.1, 0.15) is 51.4 Å². The summed E-state index contributed by atoms with van der Waals surface area (Å²) in [7, 11) is 0.